The summed E-state index contributed by atoms with van der Waals surface area (Å²) >= 11 is 0. The first-order valence-corrected chi connectivity index (χ1v) is 14.7. The molecule has 1 unspecified atom stereocenters. The number of nitro benzene ring substituents is 1. The highest BCUT2D eigenvalue weighted by Crippen LogP contribution is 2.17. The zero-order valence-electron chi connectivity index (χ0n) is 25.4. The number of benzene rings is 1. The summed E-state index contributed by atoms with van der Waals surface area (Å²) in [6.45, 7) is 14.1. The molecule has 13 heteroatoms. The number of hydrogen-bond acceptors (Lipinski definition) is 12. The first-order valence-electron chi connectivity index (χ1n) is 14.7. The molecule has 0 bridgehead atoms. The minimum absolute atomic E-state index is 0.0282. The predicted octanol–water partition coefficient (Wildman–Crippen LogP) is 3.17. The first kappa shape index (κ1) is 38.1. The Kier molecular flexibility index (Phi) is 26.4. The molecule has 1 aromatic carbocycles. The number of ether oxygens (including phenoxy) is 10. The van der Waals surface area contributed by atoms with Crippen LogP contribution in [0.4, 0.5) is 5.69 Å². The SMILES string of the molecule is CCC(C)COCCOCCOCCOCCOCCOCCOCCOCCOCCOc1ccc([N+](=O)[O-])cc1. The van der Waals surface area contributed by atoms with E-state index in [1.54, 1.807) is 12.1 Å². The van der Waals surface area contributed by atoms with Gasteiger partial charge in [-0.2, -0.15) is 0 Å². The summed E-state index contributed by atoms with van der Waals surface area (Å²) < 4.78 is 54.6. The zero-order chi connectivity index (χ0) is 30.4. The third-order valence-corrected chi connectivity index (χ3v) is 5.62. The summed E-state index contributed by atoms with van der Waals surface area (Å²) in [7, 11) is 0. The van der Waals surface area contributed by atoms with Crippen molar-refractivity contribution in [3.05, 3.63) is 34.4 Å². The van der Waals surface area contributed by atoms with Gasteiger partial charge in [0.05, 0.1) is 117 Å². The standard InChI is InChI=1S/C29H51NO12/c1-3-27(2)26-41-23-22-39-19-18-37-15-14-35-11-10-33-8-9-34-12-13-36-16-17-38-20-21-40-24-25-42-29-6-4-28(5-7-29)30(31)32/h4-7,27H,3,8-26H2,1-2H3. The normalized spacial score (nSPS) is 12.0. The van der Waals surface area contributed by atoms with Crippen molar-refractivity contribution >= 4 is 5.69 Å². The molecular weight excluding hydrogens is 554 g/mol. The molecule has 1 aromatic rings. The summed E-state index contributed by atoms with van der Waals surface area (Å²) in [6.07, 6.45) is 1.13. The molecule has 1 rings (SSSR count). The quantitative estimate of drug-likeness (QED) is 0.0678. The second-order valence-corrected chi connectivity index (χ2v) is 9.09. The maximum absolute atomic E-state index is 10.6. The van der Waals surface area contributed by atoms with E-state index >= 15 is 0 Å². The molecule has 1 atom stereocenters. The molecule has 0 spiro atoms. The van der Waals surface area contributed by atoms with Gasteiger partial charge in [0.25, 0.3) is 5.69 Å². The van der Waals surface area contributed by atoms with Gasteiger partial charge in [0, 0.05) is 18.7 Å². The third kappa shape index (κ3) is 24.6. The number of hydrogen-bond donors (Lipinski definition) is 0. The Morgan fingerprint density at radius 3 is 1.17 bits per heavy atom. The van der Waals surface area contributed by atoms with Crippen LogP contribution in [0, 0.1) is 16.0 Å². The lowest BCUT2D eigenvalue weighted by Gasteiger charge is -2.10. The smallest absolute Gasteiger partial charge is 0.269 e. The maximum atomic E-state index is 10.6. The number of rotatable bonds is 32. The van der Waals surface area contributed by atoms with Crippen LogP contribution in [0.3, 0.4) is 0 Å². The highest BCUT2D eigenvalue weighted by atomic mass is 16.6. The van der Waals surface area contributed by atoms with Crippen molar-refractivity contribution < 1.29 is 52.3 Å². The predicted molar refractivity (Wildman–Crippen MR) is 155 cm³/mol. The molecule has 0 saturated carbocycles. The minimum atomic E-state index is -0.450. The van der Waals surface area contributed by atoms with Crippen molar-refractivity contribution in [1.29, 1.82) is 0 Å². The van der Waals surface area contributed by atoms with E-state index in [0.29, 0.717) is 131 Å². The van der Waals surface area contributed by atoms with E-state index in [2.05, 4.69) is 13.8 Å². The van der Waals surface area contributed by atoms with Gasteiger partial charge in [0.2, 0.25) is 0 Å². The Morgan fingerprint density at radius 1 is 0.548 bits per heavy atom. The number of non-ortho nitro benzene ring substituents is 1. The lowest BCUT2D eigenvalue weighted by Crippen LogP contribution is -2.15. The van der Waals surface area contributed by atoms with Crippen molar-refractivity contribution in [2.45, 2.75) is 20.3 Å². The first-order chi connectivity index (χ1) is 20.6. The molecule has 244 valence electrons. The summed E-state index contributed by atoms with van der Waals surface area (Å²) in [5.41, 5.74) is 0.0282. The minimum Gasteiger partial charge on any atom is -0.491 e. The van der Waals surface area contributed by atoms with Crippen LogP contribution in [-0.2, 0) is 42.6 Å². The zero-order valence-corrected chi connectivity index (χ0v) is 25.4. The second-order valence-electron chi connectivity index (χ2n) is 9.09. The molecule has 0 aliphatic rings. The van der Waals surface area contributed by atoms with Crippen LogP contribution in [-0.4, -0.2) is 130 Å². The average Bonchev–Trinajstić information content (AvgIpc) is 3.00. The molecule has 13 nitrogen and oxygen atoms in total. The monoisotopic (exact) mass is 605 g/mol. The molecular formula is C29H51NO12. The highest BCUT2D eigenvalue weighted by Gasteiger charge is 2.04. The number of nitro groups is 1. The van der Waals surface area contributed by atoms with E-state index in [-0.39, 0.29) is 5.69 Å². The van der Waals surface area contributed by atoms with Crippen molar-refractivity contribution in [2.75, 3.05) is 126 Å². The molecule has 0 heterocycles. The molecule has 0 N–H and O–H groups in total. The van der Waals surface area contributed by atoms with Gasteiger partial charge in [-0.25, -0.2) is 0 Å². The third-order valence-electron chi connectivity index (χ3n) is 5.62. The van der Waals surface area contributed by atoms with E-state index in [9.17, 15) is 10.1 Å². The van der Waals surface area contributed by atoms with Crippen LogP contribution in [0.1, 0.15) is 20.3 Å². The van der Waals surface area contributed by atoms with Gasteiger partial charge in [-0.3, -0.25) is 10.1 Å². The highest BCUT2D eigenvalue weighted by molar-refractivity contribution is 5.35. The van der Waals surface area contributed by atoms with E-state index in [4.69, 9.17) is 47.4 Å². The van der Waals surface area contributed by atoms with E-state index in [1.807, 2.05) is 0 Å². The summed E-state index contributed by atoms with van der Waals surface area (Å²) in [5, 5.41) is 10.6. The topological polar surface area (TPSA) is 135 Å². The summed E-state index contributed by atoms with van der Waals surface area (Å²) in [6, 6.07) is 5.92. The molecule has 42 heavy (non-hydrogen) atoms. The lowest BCUT2D eigenvalue weighted by molar-refractivity contribution is -0.384. The molecule has 0 amide bonds. The molecule has 0 fully saturated rings. The van der Waals surface area contributed by atoms with Gasteiger partial charge in [0.1, 0.15) is 12.4 Å². The van der Waals surface area contributed by atoms with Gasteiger partial charge in [-0.1, -0.05) is 20.3 Å². The van der Waals surface area contributed by atoms with Crippen LogP contribution in [0.2, 0.25) is 0 Å². The maximum Gasteiger partial charge on any atom is 0.269 e. The number of nitrogens with zero attached hydrogens (tertiary/aromatic N) is 1. The van der Waals surface area contributed by atoms with E-state index < -0.39 is 4.92 Å². The van der Waals surface area contributed by atoms with E-state index in [1.165, 1.54) is 12.1 Å². The average molecular weight is 606 g/mol. The van der Waals surface area contributed by atoms with Crippen molar-refractivity contribution in [2.24, 2.45) is 5.92 Å². The fraction of sp³-hybridized carbons (Fsp3) is 0.793. The van der Waals surface area contributed by atoms with E-state index in [0.717, 1.165) is 13.0 Å². The van der Waals surface area contributed by atoms with Crippen molar-refractivity contribution in [1.82, 2.24) is 0 Å². The van der Waals surface area contributed by atoms with Crippen LogP contribution < -0.4 is 4.74 Å². The fourth-order valence-corrected chi connectivity index (χ4v) is 3.04. The van der Waals surface area contributed by atoms with Gasteiger partial charge in [-0.05, 0) is 18.1 Å². The summed E-state index contributed by atoms with van der Waals surface area (Å²) in [4.78, 5) is 10.2. The van der Waals surface area contributed by atoms with Crippen LogP contribution >= 0.6 is 0 Å². The van der Waals surface area contributed by atoms with Crippen molar-refractivity contribution in [3.63, 3.8) is 0 Å². The van der Waals surface area contributed by atoms with Gasteiger partial charge < -0.3 is 47.4 Å². The molecule has 0 aliphatic heterocycles. The molecule has 0 aromatic heterocycles. The Balaban J connectivity index is 1.67. The van der Waals surface area contributed by atoms with Crippen LogP contribution in [0.15, 0.2) is 24.3 Å². The second kappa shape index (κ2) is 29.1. The van der Waals surface area contributed by atoms with Gasteiger partial charge in [0.15, 0.2) is 0 Å². The largest absolute Gasteiger partial charge is 0.491 e. The summed E-state index contributed by atoms with van der Waals surface area (Å²) in [5.74, 6) is 1.15. The Morgan fingerprint density at radius 2 is 0.857 bits per heavy atom. The van der Waals surface area contributed by atoms with Crippen LogP contribution in [0.5, 0.6) is 5.75 Å². The Labute approximate surface area is 250 Å². The molecule has 0 aliphatic carbocycles. The fourth-order valence-electron chi connectivity index (χ4n) is 3.04. The Bertz CT molecular complexity index is 725. The Hall–Kier alpha value is -1.94. The van der Waals surface area contributed by atoms with Crippen molar-refractivity contribution in [3.8, 4) is 5.75 Å². The van der Waals surface area contributed by atoms with Gasteiger partial charge >= 0.3 is 0 Å². The lowest BCUT2D eigenvalue weighted by atomic mass is 10.1. The molecule has 0 radical (unpaired) electrons. The molecule has 0 saturated heterocycles. The van der Waals surface area contributed by atoms with Gasteiger partial charge in [-0.15, -0.1) is 0 Å². The van der Waals surface area contributed by atoms with Crippen LogP contribution in [0.25, 0.3) is 0 Å².